The Morgan fingerprint density at radius 3 is 2.41 bits per heavy atom. The van der Waals surface area contributed by atoms with Crippen molar-refractivity contribution in [2.75, 3.05) is 0 Å². The van der Waals surface area contributed by atoms with Crippen LogP contribution < -0.4 is 13.6 Å². The van der Waals surface area contributed by atoms with E-state index in [2.05, 4.69) is 4.98 Å². The molecule has 1 aliphatic rings. The van der Waals surface area contributed by atoms with Crippen LogP contribution in [0.25, 0.3) is 10.9 Å². The van der Waals surface area contributed by atoms with Crippen molar-refractivity contribution in [3.63, 3.8) is 0 Å². The van der Waals surface area contributed by atoms with Gasteiger partial charge in [-0.1, -0.05) is 30.3 Å². The molecule has 4 rings (SSSR count). The maximum atomic E-state index is 12.7. The molecule has 5 nitrogen and oxygen atoms in total. The van der Waals surface area contributed by atoms with Crippen LogP contribution in [0, 0.1) is 6.92 Å². The molecular formula is C16H12NO4P. The Balaban J connectivity index is 1.73. The fourth-order valence-electron chi connectivity index (χ4n) is 2.31. The number of pyridine rings is 1. The van der Waals surface area contributed by atoms with E-state index < -0.39 is 7.82 Å². The van der Waals surface area contributed by atoms with Gasteiger partial charge in [0.25, 0.3) is 0 Å². The molecule has 0 atom stereocenters. The van der Waals surface area contributed by atoms with Gasteiger partial charge in [0, 0.05) is 11.1 Å². The van der Waals surface area contributed by atoms with E-state index in [0.717, 1.165) is 11.1 Å². The Kier molecular flexibility index (Phi) is 2.84. The lowest BCUT2D eigenvalue weighted by molar-refractivity contribution is 0.333. The van der Waals surface area contributed by atoms with Gasteiger partial charge >= 0.3 is 7.82 Å². The highest BCUT2D eigenvalue weighted by atomic mass is 31.2. The maximum absolute atomic E-state index is 12.7. The SMILES string of the molecule is Cc1ccc2cccc(OP3(=O)Oc4ccccc4O3)c2n1. The van der Waals surface area contributed by atoms with Crippen LogP contribution in [0.5, 0.6) is 17.2 Å². The number of nitrogens with zero attached hydrogens (tertiary/aromatic N) is 1. The highest BCUT2D eigenvalue weighted by molar-refractivity contribution is 7.50. The molecule has 2 aromatic carbocycles. The molecule has 0 bridgehead atoms. The van der Waals surface area contributed by atoms with Crippen molar-refractivity contribution in [3.05, 3.63) is 60.3 Å². The van der Waals surface area contributed by atoms with Crippen molar-refractivity contribution in [3.8, 4) is 17.2 Å². The van der Waals surface area contributed by atoms with E-state index in [1.165, 1.54) is 0 Å². The van der Waals surface area contributed by atoms with Gasteiger partial charge in [0.15, 0.2) is 17.2 Å². The average molecular weight is 313 g/mol. The summed E-state index contributed by atoms with van der Waals surface area (Å²) in [5.41, 5.74) is 1.47. The molecule has 3 aromatic rings. The molecule has 0 radical (unpaired) electrons. The lowest BCUT2D eigenvalue weighted by atomic mass is 10.2. The van der Waals surface area contributed by atoms with Crippen molar-refractivity contribution in [2.45, 2.75) is 6.92 Å². The minimum Gasteiger partial charge on any atom is -0.384 e. The summed E-state index contributed by atoms with van der Waals surface area (Å²) in [4.78, 5) is 4.44. The Morgan fingerprint density at radius 2 is 1.68 bits per heavy atom. The van der Waals surface area contributed by atoms with Crippen LogP contribution in [0.2, 0.25) is 0 Å². The Morgan fingerprint density at radius 1 is 0.955 bits per heavy atom. The van der Waals surface area contributed by atoms with Crippen LogP contribution in [-0.2, 0) is 4.57 Å². The number of benzene rings is 2. The zero-order valence-corrected chi connectivity index (χ0v) is 12.6. The summed E-state index contributed by atoms with van der Waals surface area (Å²) in [6.45, 7) is 1.89. The summed E-state index contributed by atoms with van der Waals surface area (Å²) in [6, 6.07) is 16.2. The van der Waals surface area contributed by atoms with Gasteiger partial charge in [-0.2, -0.15) is 4.57 Å². The molecule has 0 spiro atoms. The van der Waals surface area contributed by atoms with Crippen molar-refractivity contribution >= 4 is 18.7 Å². The standard InChI is InChI=1S/C16H12NO4P/c1-11-9-10-12-5-4-8-15(16(12)17-11)21-22(18)19-13-6-2-3-7-14(13)20-22/h2-10H,1H3. The Bertz CT molecular complexity index is 896. The number of phosphoric ester groups is 1. The molecule has 0 unspecified atom stereocenters. The van der Waals surface area contributed by atoms with Crippen molar-refractivity contribution in [1.29, 1.82) is 0 Å². The smallest absolute Gasteiger partial charge is 0.384 e. The summed E-state index contributed by atoms with van der Waals surface area (Å²) < 4.78 is 29.0. The summed E-state index contributed by atoms with van der Waals surface area (Å²) in [5.74, 6) is 1.20. The fraction of sp³-hybridized carbons (Fsp3) is 0.0625. The highest BCUT2D eigenvalue weighted by Crippen LogP contribution is 2.58. The summed E-state index contributed by atoms with van der Waals surface area (Å²) >= 11 is 0. The van der Waals surface area contributed by atoms with Gasteiger partial charge in [0.1, 0.15) is 5.52 Å². The van der Waals surface area contributed by atoms with Crippen LogP contribution in [0.4, 0.5) is 0 Å². The number of hydrogen-bond donors (Lipinski definition) is 0. The van der Waals surface area contributed by atoms with E-state index in [0.29, 0.717) is 22.8 Å². The van der Waals surface area contributed by atoms with E-state index in [-0.39, 0.29) is 0 Å². The second-order valence-corrected chi connectivity index (χ2v) is 6.39. The van der Waals surface area contributed by atoms with E-state index in [9.17, 15) is 4.57 Å². The van der Waals surface area contributed by atoms with Gasteiger partial charge in [0.2, 0.25) is 0 Å². The molecule has 22 heavy (non-hydrogen) atoms. The number of fused-ring (bicyclic) bond motifs is 2. The zero-order valence-electron chi connectivity index (χ0n) is 11.7. The molecule has 1 aliphatic heterocycles. The average Bonchev–Trinajstić information content (AvgIpc) is 2.83. The first kappa shape index (κ1) is 13.2. The van der Waals surface area contributed by atoms with E-state index in [1.807, 2.05) is 31.2 Å². The number of aryl methyl sites for hydroxylation is 1. The van der Waals surface area contributed by atoms with Gasteiger partial charge in [-0.05, 0) is 31.2 Å². The molecule has 0 saturated carbocycles. The summed E-state index contributed by atoms with van der Waals surface area (Å²) in [5, 5.41) is 0.895. The first-order valence-corrected chi connectivity index (χ1v) is 8.23. The second kappa shape index (κ2) is 4.75. The quantitative estimate of drug-likeness (QED) is 0.652. The van der Waals surface area contributed by atoms with Crippen LogP contribution in [0.15, 0.2) is 54.6 Å². The topological polar surface area (TPSA) is 57.7 Å². The predicted octanol–water partition coefficient (Wildman–Crippen LogP) is 4.50. The van der Waals surface area contributed by atoms with Gasteiger partial charge < -0.3 is 13.6 Å². The van der Waals surface area contributed by atoms with Gasteiger partial charge in [-0.15, -0.1) is 0 Å². The molecule has 2 heterocycles. The van der Waals surface area contributed by atoms with E-state index in [4.69, 9.17) is 13.6 Å². The zero-order chi connectivity index (χ0) is 15.2. The molecular weight excluding hydrogens is 301 g/mol. The van der Waals surface area contributed by atoms with Crippen molar-refractivity contribution in [1.82, 2.24) is 4.98 Å². The van der Waals surface area contributed by atoms with Crippen molar-refractivity contribution < 1.29 is 18.1 Å². The maximum Gasteiger partial charge on any atom is 0.647 e. The van der Waals surface area contributed by atoms with Crippen LogP contribution >= 0.6 is 7.82 Å². The number of rotatable bonds is 2. The van der Waals surface area contributed by atoms with Crippen LogP contribution in [0.3, 0.4) is 0 Å². The lowest BCUT2D eigenvalue weighted by Gasteiger charge is -2.12. The van der Waals surface area contributed by atoms with Gasteiger partial charge in [-0.3, -0.25) is 0 Å². The first-order chi connectivity index (χ1) is 10.6. The van der Waals surface area contributed by atoms with Gasteiger partial charge in [-0.25, -0.2) is 4.98 Å². The molecule has 0 N–H and O–H groups in total. The summed E-state index contributed by atoms with van der Waals surface area (Å²) in [7, 11) is -3.73. The molecule has 0 aliphatic carbocycles. The highest BCUT2D eigenvalue weighted by Gasteiger charge is 2.41. The Hall–Kier alpha value is -2.52. The molecule has 0 saturated heterocycles. The molecule has 0 fully saturated rings. The largest absolute Gasteiger partial charge is 0.647 e. The predicted molar refractivity (Wildman–Crippen MR) is 82.4 cm³/mol. The van der Waals surface area contributed by atoms with E-state index in [1.54, 1.807) is 30.3 Å². The number of phosphoric acid groups is 1. The molecule has 1 aromatic heterocycles. The Labute approximate surface area is 127 Å². The third-order valence-corrected chi connectivity index (χ3v) is 4.56. The normalized spacial score (nSPS) is 15.0. The van der Waals surface area contributed by atoms with Crippen LogP contribution in [0.1, 0.15) is 5.69 Å². The fourth-order valence-corrected chi connectivity index (χ4v) is 3.59. The number of aromatic nitrogens is 1. The second-order valence-electron chi connectivity index (χ2n) is 4.95. The molecule has 6 heteroatoms. The van der Waals surface area contributed by atoms with Crippen LogP contribution in [-0.4, -0.2) is 4.98 Å². The number of para-hydroxylation sites is 3. The van der Waals surface area contributed by atoms with Gasteiger partial charge in [0.05, 0.1) is 0 Å². The monoisotopic (exact) mass is 313 g/mol. The number of hydrogen-bond acceptors (Lipinski definition) is 5. The van der Waals surface area contributed by atoms with E-state index >= 15 is 0 Å². The molecule has 110 valence electrons. The summed E-state index contributed by atoms with van der Waals surface area (Å²) in [6.07, 6.45) is 0. The third kappa shape index (κ3) is 2.20. The minimum absolute atomic E-state index is 0.373. The first-order valence-electron chi connectivity index (χ1n) is 6.77. The molecule has 0 amide bonds. The van der Waals surface area contributed by atoms with Crippen molar-refractivity contribution in [2.24, 2.45) is 0 Å². The third-order valence-electron chi connectivity index (χ3n) is 3.30. The minimum atomic E-state index is -3.73. The lowest BCUT2D eigenvalue weighted by Crippen LogP contribution is -2.01.